The van der Waals surface area contributed by atoms with Gasteiger partial charge >= 0.3 is 0 Å². The van der Waals surface area contributed by atoms with Gasteiger partial charge in [-0.2, -0.15) is 5.10 Å². The average molecular weight is 230 g/mol. The summed E-state index contributed by atoms with van der Waals surface area (Å²) in [5, 5.41) is 4.01. The van der Waals surface area contributed by atoms with E-state index in [0.717, 1.165) is 0 Å². The van der Waals surface area contributed by atoms with E-state index in [2.05, 4.69) is 9.82 Å². The minimum absolute atomic E-state index is 0.0279. The molecule has 0 saturated heterocycles. The van der Waals surface area contributed by atoms with Gasteiger partial charge in [-0.3, -0.25) is 4.68 Å². The van der Waals surface area contributed by atoms with Crippen molar-refractivity contribution in [1.29, 1.82) is 0 Å². The summed E-state index contributed by atoms with van der Waals surface area (Å²) in [5.41, 5.74) is 5.58. The Bertz CT molecular complexity index is 447. The van der Waals surface area contributed by atoms with E-state index >= 15 is 0 Å². The monoisotopic (exact) mass is 230 g/mol. The van der Waals surface area contributed by atoms with E-state index in [9.17, 15) is 8.42 Å². The van der Waals surface area contributed by atoms with Crippen molar-refractivity contribution in [3.05, 3.63) is 12.3 Å². The molecule has 3 N–H and O–H groups in total. The lowest BCUT2D eigenvalue weighted by Crippen LogP contribution is -2.50. The fourth-order valence-electron chi connectivity index (χ4n) is 1.66. The lowest BCUT2D eigenvalue weighted by Gasteiger charge is -2.32. The Morgan fingerprint density at radius 3 is 2.73 bits per heavy atom. The van der Waals surface area contributed by atoms with Gasteiger partial charge in [-0.05, 0) is 18.9 Å². The van der Waals surface area contributed by atoms with E-state index in [-0.39, 0.29) is 17.1 Å². The molecule has 1 aliphatic carbocycles. The molecule has 1 fully saturated rings. The molecule has 0 amide bonds. The Morgan fingerprint density at radius 2 is 2.27 bits per heavy atom. The number of nitrogens with one attached hydrogen (secondary N) is 1. The van der Waals surface area contributed by atoms with Gasteiger partial charge in [0.2, 0.25) is 0 Å². The van der Waals surface area contributed by atoms with Crippen LogP contribution in [0, 0.1) is 0 Å². The number of sulfonamides is 1. The third kappa shape index (κ3) is 2.04. The standard InChI is InChI=1S/C8H14N4O2S/c1-12-8(2-3-10-12)15(13,14)11-7-4-6(9)5-7/h2-3,6-7,11H,4-5,9H2,1H3. The highest BCUT2D eigenvalue weighted by molar-refractivity contribution is 7.89. The van der Waals surface area contributed by atoms with Crippen molar-refractivity contribution in [2.45, 2.75) is 30.0 Å². The van der Waals surface area contributed by atoms with Crippen molar-refractivity contribution < 1.29 is 8.42 Å². The van der Waals surface area contributed by atoms with Crippen LogP contribution >= 0.6 is 0 Å². The lowest BCUT2D eigenvalue weighted by molar-refractivity contribution is 0.326. The van der Waals surface area contributed by atoms with Gasteiger partial charge in [0.1, 0.15) is 0 Å². The maximum Gasteiger partial charge on any atom is 0.257 e. The Kier molecular flexibility index (Phi) is 2.53. The molecular weight excluding hydrogens is 216 g/mol. The molecule has 1 heterocycles. The van der Waals surface area contributed by atoms with Crippen LogP contribution in [0.1, 0.15) is 12.8 Å². The molecule has 7 heteroatoms. The normalized spacial score (nSPS) is 26.3. The lowest BCUT2D eigenvalue weighted by atomic mass is 9.89. The number of hydrogen-bond acceptors (Lipinski definition) is 4. The van der Waals surface area contributed by atoms with Crippen LogP contribution in [-0.4, -0.2) is 30.3 Å². The van der Waals surface area contributed by atoms with Gasteiger partial charge < -0.3 is 5.73 Å². The molecule has 15 heavy (non-hydrogen) atoms. The third-order valence-corrected chi connectivity index (χ3v) is 4.14. The molecule has 1 saturated carbocycles. The van der Waals surface area contributed by atoms with E-state index in [4.69, 9.17) is 5.73 Å². The van der Waals surface area contributed by atoms with E-state index in [1.165, 1.54) is 16.9 Å². The number of nitrogens with two attached hydrogens (primary N) is 1. The van der Waals surface area contributed by atoms with Crippen LogP contribution in [0.25, 0.3) is 0 Å². The number of hydrogen-bond donors (Lipinski definition) is 2. The highest BCUT2D eigenvalue weighted by Crippen LogP contribution is 2.20. The Labute approximate surface area is 88.5 Å². The second-order valence-electron chi connectivity index (χ2n) is 3.84. The molecule has 2 rings (SSSR count). The number of aryl methyl sites for hydroxylation is 1. The fourth-order valence-corrected chi connectivity index (χ4v) is 3.05. The van der Waals surface area contributed by atoms with E-state index in [1.807, 2.05) is 0 Å². The molecule has 0 spiro atoms. The largest absolute Gasteiger partial charge is 0.328 e. The Balaban J connectivity index is 2.11. The van der Waals surface area contributed by atoms with Crippen LogP contribution in [0.4, 0.5) is 0 Å². The minimum atomic E-state index is -3.44. The smallest absolute Gasteiger partial charge is 0.257 e. The van der Waals surface area contributed by atoms with Gasteiger partial charge in [0.15, 0.2) is 5.03 Å². The predicted octanol–water partition coefficient (Wildman–Crippen LogP) is -0.812. The quantitative estimate of drug-likeness (QED) is 0.710. The van der Waals surface area contributed by atoms with Crippen LogP contribution in [0.5, 0.6) is 0 Å². The van der Waals surface area contributed by atoms with E-state index in [0.29, 0.717) is 12.8 Å². The predicted molar refractivity (Wildman–Crippen MR) is 54.5 cm³/mol. The summed E-state index contributed by atoms with van der Waals surface area (Å²) < 4.78 is 27.6. The van der Waals surface area contributed by atoms with Gasteiger partial charge in [-0.15, -0.1) is 0 Å². The van der Waals surface area contributed by atoms with Crippen LogP contribution in [0.2, 0.25) is 0 Å². The van der Waals surface area contributed by atoms with Crippen molar-refractivity contribution >= 4 is 10.0 Å². The summed E-state index contributed by atoms with van der Waals surface area (Å²) in [6.07, 6.45) is 2.87. The molecular formula is C8H14N4O2S. The zero-order valence-electron chi connectivity index (χ0n) is 8.42. The summed E-state index contributed by atoms with van der Waals surface area (Å²) in [6, 6.07) is 1.57. The topological polar surface area (TPSA) is 90.0 Å². The first-order valence-corrected chi connectivity index (χ1v) is 6.23. The summed E-state index contributed by atoms with van der Waals surface area (Å²) in [7, 11) is -1.84. The SMILES string of the molecule is Cn1nccc1S(=O)(=O)NC1CC(N)C1. The minimum Gasteiger partial charge on any atom is -0.328 e. The molecule has 6 nitrogen and oxygen atoms in total. The van der Waals surface area contributed by atoms with Gasteiger partial charge in [0.05, 0.1) is 6.20 Å². The summed E-state index contributed by atoms with van der Waals surface area (Å²) in [4.78, 5) is 0. The maximum atomic E-state index is 11.8. The first kappa shape index (κ1) is 10.6. The molecule has 0 radical (unpaired) electrons. The number of nitrogens with zero attached hydrogens (tertiary/aromatic N) is 2. The molecule has 0 aromatic carbocycles. The molecule has 0 atom stereocenters. The van der Waals surface area contributed by atoms with Crippen LogP contribution in [0.15, 0.2) is 17.3 Å². The van der Waals surface area contributed by atoms with Crippen molar-refractivity contribution in [1.82, 2.24) is 14.5 Å². The first-order valence-electron chi connectivity index (χ1n) is 4.75. The number of aromatic nitrogens is 2. The summed E-state index contributed by atoms with van der Waals surface area (Å²) in [6.45, 7) is 0. The molecule has 84 valence electrons. The Hall–Kier alpha value is -0.920. The van der Waals surface area contributed by atoms with Crippen molar-refractivity contribution in [3.8, 4) is 0 Å². The zero-order valence-corrected chi connectivity index (χ0v) is 9.24. The van der Waals surface area contributed by atoms with Crippen LogP contribution < -0.4 is 10.5 Å². The summed E-state index contributed by atoms with van der Waals surface area (Å²) >= 11 is 0. The van der Waals surface area contributed by atoms with Crippen LogP contribution in [-0.2, 0) is 17.1 Å². The molecule has 1 aromatic heterocycles. The molecule has 1 aliphatic rings. The first-order chi connectivity index (χ1) is 6.99. The molecule has 1 aromatic rings. The maximum absolute atomic E-state index is 11.8. The second-order valence-corrected chi connectivity index (χ2v) is 5.50. The molecule has 0 unspecified atom stereocenters. The average Bonchev–Trinajstić information content (AvgIpc) is 2.48. The van der Waals surface area contributed by atoms with Crippen LogP contribution in [0.3, 0.4) is 0 Å². The van der Waals surface area contributed by atoms with E-state index in [1.54, 1.807) is 7.05 Å². The van der Waals surface area contributed by atoms with Gasteiger partial charge in [0, 0.05) is 19.1 Å². The zero-order chi connectivity index (χ0) is 11.1. The summed E-state index contributed by atoms with van der Waals surface area (Å²) in [5.74, 6) is 0. The van der Waals surface area contributed by atoms with Gasteiger partial charge in [-0.1, -0.05) is 0 Å². The van der Waals surface area contributed by atoms with Gasteiger partial charge in [-0.25, -0.2) is 13.1 Å². The highest BCUT2D eigenvalue weighted by Gasteiger charge is 2.31. The van der Waals surface area contributed by atoms with Crippen molar-refractivity contribution in [2.75, 3.05) is 0 Å². The van der Waals surface area contributed by atoms with Crippen molar-refractivity contribution in [3.63, 3.8) is 0 Å². The van der Waals surface area contributed by atoms with E-state index < -0.39 is 10.0 Å². The highest BCUT2D eigenvalue weighted by atomic mass is 32.2. The molecule has 0 bridgehead atoms. The Morgan fingerprint density at radius 1 is 1.60 bits per heavy atom. The molecule has 0 aliphatic heterocycles. The second kappa shape index (κ2) is 3.58. The van der Waals surface area contributed by atoms with Gasteiger partial charge in [0.25, 0.3) is 10.0 Å². The third-order valence-electron chi connectivity index (χ3n) is 2.55. The van der Waals surface area contributed by atoms with Crippen molar-refractivity contribution in [2.24, 2.45) is 12.8 Å². The fraction of sp³-hybridized carbons (Fsp3) is 0.625. The number of rotatable bonds is 3.